The molecule has 0 atom stereocenters. The van der Waals surface area contributed by atoms with Gasteiger partial charge in [0.05, 0.1) is 11.7 Å². The lowest BCUT2D eigenvalue weighted by Gasteiger charge is -2.16. The fourth-order valence-electron chi connectivity index (χ4n) is 4.28. The smallest absolute Gasteiger partial charge is 0.263 e. The van der Waals surface area contributed by atoms with Gasteiger partial charge in [-0.1, -0.05) is 35.9 Å². The topological polar surface area (TPSA) is 64.0 Å². The van der Waals surface area contributed by atoms with Gasteiger partial charge in [0, 0.05) is 21.7 Å². The second kappa shape index (κ2) is 8.52. The highest BCUT2D eigenvalue weighted by Crippen LogP contribution is 2.33. The van der Waals surface area contributed by atoms with Crippen LogP contribution in [-0.4, -0.2) is 15.5 Å². The van der Waals surface area contributed by atoms with Gasteiger partial charge in [-0.15, -0.1) is 11.3 Å². The first-order valence-corrected chi connectivity index (χ1v) is 11.9. The van der Waals surface area contributed by atoms with E-state index in [1.54, 1.807) is 18.2 Å². The van der Waals surface area contributed by atoms with Crippen molar-refractivity contribution in [3.05, 3.63) is 80.2 Å². The van der Waals surface area contributed by atoms with Crippen LogP contribution in [0, 0.1) is 6.92 Å². The van der Waals surface area contributed by atoms with E-state index in [-0.39, 0.29) is 18.0 Å². The molecular formula is C25H22ClN3O2S. The Morgan fingerprint density at radius 3 is 2.84 bits per heavy atom. The molecule has 0 aliphatic heterocycles. The minimum atomic E-state index is -0.302. The average molecular weight is 464 g/mol. The van der Waals surface area contributed by atoms with Crippen molar-refractivity contribution in [1.29, 1.82) is 0 Å². The molecule has 0 spiro atoms. The van der Waals surface area contributed by atoms with Crippen LogP contribution < -0.4 is 10.9 Å². The molecule has 5 rings (SSSR count). The Kier molecular flexibility index (Phi) is 5.57. The lowest BCUT2D eigenvalue weighted by Crippen LogP contribution is -2.28. The Balaban J connectivity index is 1.47. The monoisotopic (exact) mass is 463 g/mol. The van der Waals surface area contributed by atoms with E-state index in [0.717, 1.165) is 29.5 Å². The number of thiophene rings is 1. The summed E-state index contributed by atoms with van der Waals surface area (Å²) in [6.45, 7) is 1.72. The van der Waals surface area contributed by atoms with Crippen LogP contribution in [0.5, 0.6) is 0 Å². The number of benzene rings is 2. The summed E-state index contributed by atoms with van der Waals surface area (Å²) in [7, 11) is 0. The van der Waals surface area contributed by atoms with Crippen molar-refractivity contribution in [2.24, 2.45) is 0 Å². The number of anilines is 1. The molecule has 0 saturated heterocycles. The molecule has 2 heterocycles. The third-order valence-electron chi connectivity index (χ3n) is 6.08. The van der Waals surface area contributed by atoms with Gasteiger partial charge >= 0.3 is 0 Å². The predicted molar refractivity (Wildman–Crippen MR) is 131 cm³/mol. The molecule has 2 aromatic heterocycles. The van der Waals surface area contributed by atoms with Crippen LogP contribution in [0.25, 0.3) is 21.3 Å². The maximum Gasteiger partial charge on any atom is 0.263 e. The number of hydrogen-bond donors (Lipinski definition) is 1. The number of rotatable bonds is 4. The van der Waals surface area contributed by atoms with Crippen molar-refractivity contribution in [1.82, 2.24) is 9.55 Å². The maximum atomic E-state index is 13.3. The van der Waals surface area contributed by atoms with Crippen molar-refractivity contribution >= 4 is 44.7 Å². The SMILES string of the molecule is Cc1c(Cl)cccc1NC(=O)Cn1cnc2scc(-c3ccc4c(c3)CCCC4)c2c1=O. The van der Waals surface area contributed by atoms with Crippen LogP contribution in [0.2, 0.25) is 5.02 Å². The van der Waals surface area contributed by atoms with Gasteiger partial charge in [-0.2, -0.15) is 0 Å². The number of fused-ring (bicyclic) bond motifs is 2. The number of nitrogens with zero attached hydrogens (tertiary/aromatic N) is 2. The summed E-state index contributed by atoms with van der Waals surface area (Å²) >= 11 is 7.59. The third-order valence-corrected chi connectivity index (χ3v) is 7.37. The summed E-state index contributed by atoms with van der Waals surface area (Å²) in [5, 5.41) is 5.98. The zero-order valence-corrected chi connectivity index (χ0v) is 19.2. The Morgan fingerprint density at radius 1 is 1.19 bits per heavy atom. The fourth-order valence-corrected chi connectivity index (χ4v) is 5.36. The molecule has 0 radical (unpaired) electrons. The standard InChI is InChI=1S/C25H22ClN3O2S/c1-15-20(26)7-4-8-21(15)28-22(30)12-29-14-27-24-23(25(29)31)19(13-32-24)18-10-9-16-5-2-3-6-17(16)11-18/h4,7-11,13-14H,2-3,5-6,12H2,1H3,(H,28,30). The highest BCUT2D eigenvalue weighted by atomic mass is 35.5. The molecule has 0 bridgehead atoms. The van der Waals surface area contributed by atoms with Crippen LogP contribution in [-0.2, 0) is 24.2 Å². The van der Waals surface area contributed by atoms with E-state index in [1.807, 2.05) is 12.3 Å². The number of carbonyl (C=O) groups is 1. The summed E-state index contributed by atoms with van der Waals surface area (Å²) in [5.41, 5.74) is 5.91. The van der Waals surface area contributed by atoms with E-state index in [1.165, 1.54) is 46.2 Å². The zero-order valence-electron chi connectivity index (χ0n) is 17.7. The van der Waals surface area contributed by atoms with Crippen molar-refractivity contribution < 1.29 is 4.79 Å². The lowest BCUT2D eigenvalue weighted by atomic mass is 9.89. The summed E-state index contributed by atoms with van der Waals surface area (Å²) < 4.78 is 1.37. The van der Waals surface area contributed by atoms with Gasteiger partial charge in [0.15, 0.2) is 0 Å². The summed E-state index contributed by atoms with van der Waals surface area (Å²) in [5.74, 6) is -0.302. The molecule has 0 fully saturated rings. The second-order valence-corrected chi connectivity index (χ2v) is 9.42. The van der Waals surface area contributed by atoms with Crippen molar-refractivity contribution in [3.8, 4) is 11.1 Å². The van der Waals surface area contributed by atoms with Crippen molar-refractivity contribution in [2.75, 3.05) is 5.32 Å². The van der Waals surface area contributed by atoms with Gasteiger partial charge in [-0.05, 0) is 67.0 Å². The largest absolute Gasteiger partial charge is 0.324 e. The van der Waals surface area contributed by atoms with E-state index in [0.29, 0.717) is 20.9 Å². The predicted octanol–water partition coefficient (Wildman–Crippen LogP) is 5.60. The van der Waals surface area contributed by atoms with Crippen LogP contribution in [0.15, 0.2) is 52.9 Å². The maximum absolute atomic E-state index is 13.3. The molecule has 1 N–H and O–H groups in total. The number of halogens is 1. The number of nitrogens with one attached hydrogen (secondary N) is 1. The van der Waals surface area contributed by atoms with Gasteiger partial charge in [-0.25, -0.2) is 4.98 Å². The van der Waals surface area contributed by atoms with Gasteiger partial charge in [-0.3, -0.25) is 14.2 Å². The van der Waals surface area contributed by atoms with Gasteiger partial charge in [0.25, 0.3) is 5.56 Å². The average Bonchev–Trinajstić information content (AvgIpc) is 3.23. The van der Waals surface area contributed by atoms with Gasteiger partial charge in [0.1, 0.15) is 11.4 Å². The summed E-state index contributed by atoms with van der Waals surface area (Å²) in [6, 6.07) is 11.8. The number of amides is 1. The molecule has 162 valence electrons. The number of carbonyl (C=O) groups excluding carboxylic acids is 1. The van der Waals surface area contributed by atoms with E-state index in [2.05, 4.69) is 28.5 Å². The quantitative estimate of drug-likeness (QED) is 0.428. The highest BCUT2D eigenvalue weighted by molar-refractivity contribution is 7.17. The van der Waals surface area contributed by atoms with Gasteiger partial charge < -0.3 is 5.32 Å². The molecule has 1 aliphatic carbocycles. The lowest BCUT2D eigenvalue weighted by molar-refractivity contribution is -0.116. The van der Waals surface area contributed by atoms with Crippen molar-refractivity contribution in [2.45, 2.75) is 39.2 Å². The van der Waals surface area contributed by atoms with E-state index in [9.17, 15) is 9.59 Å². The molecule has 7 heteroatoms. The fraction of sp³-hybridized carbons (Fsp3) is 0.240. The van der Waals surface area contributed by atoms with Crippen LogP contribution in [0.3, 0.4) is 0 Å². The Labute approximate surface area is 194 Å². The zero-order chi connectivity index (χ0) is 22.2. The Morgan fingerprint density at radius 2 is 2.00 bits per heavy atom. The molecule has 0 unspecified atom stereocenters. The van der Waals surface area contributed by atoms with Crippen molar-refractivity contribution in [3.63, 3.8) is 0 Å². The number of hydrogen-bond acceptors (Lipinski definition) is 4. The Hall–Kier alpha value is -2.96. The Bertz CT molecular complexity index is 1410. The van der Waals surface area contributed by atoms with Crippen LogP contribution >= 0.6 is 22.9 Å². The minimum absolute atomic E-state index is 0.118. The van der Waals surface area contributed by atoms with E-state index in [4.69, 9.17) is 11.6 Å². The number of aromatic nitrogens is 2. The highest BCUT2D eigenvalue weighted by Gasteiger charge is 2.17. The summed E-state index contributed by atoms with van der Waals surface area (Å²) in [6.07, 6.45) is 6.09. The van der Waals surface area contributed by atoms with Crippen LogP contribution in [0.4, 0.5) is 5.69 Å². The normalized spacial score (nSPS) is 13.2. The molecule has 32 heavy (non-hydrogen) atoms. The molecule has 1 amide bonds. The van der Waals surface area contributed by atoms with E-state index >= 15 is 0 Å². The molecule has 2 aromatic carbocycles. The first-order valence-electron chi connectivity index (χ1n) is 10.6. The minimum Gasteiger partial charge on any atom is -0.324 e. The molecular weight excluding hydrogens is 442 g/mol. The van der Waals surface area contributed by atoms with Crippen LogP contribution in [0.1, 0.15) is 29.5 Å². The molecule has 0 saturated carbocycles. The van der Waals surface area contributed by atoms with Gasteiger partial charge in [0.2, 0.25) is 5.91 Å². The molecule has 1 aliphatic rings. The molecule has 4 aromatic rings. The third kappa shape index (κ3) is 3.85. The first-order chi connectivity index (χ1) is 15.5. The van der Waals surface area contributed by atoms with E-state index < -0.39 is 0 Å². The second-order valence-electron chi connectivity index (χ2n) is 8.16. The first kappa shape index (κ1) is 20.9. The molecule has 5 nitrogen and oxygen atoms in total. The summed E-state index contributed by atoms with van der Waals surface area (Å²) in [4.78, 5) is 31.1. The number of aryl methyl sites for hydroxylation is 2.